The van der Waals surface area contributed by atoms with Crippen LogP contribution in [-0.2, 0) is 20.1 Å². The molecule has 0 spiro atoms. The van der Waals surface area contributed by atoms with E-state index in [4.69, 9.17) is 4.74 Å². The summed E-state index contributed by atoms with van der Waals surface area (Å²) in [5.74, 6) is 1.40. The Morgan fingerprint density at radius 2 is 1.96 bits per heavy atom. The van der Waals surface area contributed by atoms with Crippen LogP contribution in [-0.4, -0.2) is 33.8 Å². The van der Waals surface area contributed by atoms with Crippen LogP contribution in [0.3, 0.4) is 0 Å². The molecule has 1 saturated carbocycles. The van der Waals surface area contributed by atoms with Crippen molar-refractivity contribution in [2.75, 3.05) is 13.1 Å². The van der Waals surface area contributed by atoms with Gasteiger partial charge >= 0.3 is 6.09 Å². The zero-order valence-electron chi connectivity index (χ0n) is 16.2. The number of aryl methyl sites for hydroxylation is 1. The van der Waals surface area contributed by atoms with Crippen molar-refractivity contribution in [1.82, 2.24) is 9.47 Å². The van der Waals surface area contributed by atoms with Gasteiger partial charge in [0.05, 0.1) is 5.52 Å². The molecule has 3 aromatic rings. The van der Waals surface area contributed by atoms with E-state index in [-0.39, 0.29) is 0 Å². The van der Waals surface area contributed by atoms with Crippen molar-refractivity contribution in [2.24, 2.45) is 13.0 Å². The van der Waals surface area contributed by atoms with Gasteiger partial charge in [0.1, 0.15) is 12.4 Å². The van der Waals surface area contributed by atoms with E-state index >= 15 is 0 Å². The molecule has 1 aromatic heterocycles. The number of carboxylic acid groups (broad SMARTS) is 1. The maximum absolute atomic E-state index is 11.6. The van der Waals surface area contributed by atoms with Gasteiger partial charge in [0.25, 0.3) is 0 Å². The monoisotopic (exact) mass is 378 g/mol. The molecule has 5 nitrogen and oxygen atoms in total. The van der Waals surface area contributed by atoms with Gasteiger partial charge in [0.2, 0.25) is 0 Å². The van der Waals surface area contributed by atoms with Gasteiger partial charge in [-0.15, -0.1) is 0 Å². The lowest BCUT2D eigenvalue weighted by Gasteiger charge is -2.18. The molecule has 0 atom stereocenters. The molecular weight excluding hydrogens is 352 g/mol. The average molecular weight is 378 g/mol. The highest BCUT2D eigenvalue weighted by Gasteiger charge is 2.26. The van der Waals surface area contributed by atoms with E-state index in [2.05, 4.69) is 29.0 Å². The van der Waals surface area contributed by atoms with Gasteiger partial charge in [-0.2, -0.15) is 0 Å². The predicted molar refractivity (Wildman–Crippen MR) is 110 cm³/mol. The lowest BCUT2D eigenvalue weighted by atomic mass is 10.1. The second-order valence-corrected chi connectivity index (χ2v) is 7.61. The molecule has 28 heavy (non-hydrogen) atoms. The smallest absolute Gasteiger partial charge is 0.407 e. The van der Waals surface area contributed by atoms with Crippen LogP contribution >= 0.6 is 0 Å². The van der Waals surface area contributed by atoms with Gasteiger partial charge in [-0.25, -0.2) is 4.79 Å². The number of rotatable bonds is 8. The molecule has 1 amide bonds. The number of benzene rings is 2. The van der Waals surface area contributed by atoms with Crippen molar-refractivity contribution in [3.63, 3.8) is 0 Å². The van der Waals surface area contributed by atoms with Crippen molar-refractivity contribution in [3.8, 4) is 5.75 Å². The maximum atomic E-state index is 11.6. The Hall–Kier alpha value is -2.95. The van der Waals surface area contributed by atoms with E-state index in [1.54, 1.807) is 4.90 Å². The van der Waals surface area contributed by atoms with Crippen LogP contribution in [0.1, 0.15) is 24.0 Å². The Morgan fingerprint density at radius 1 is 1.18 bits per heavy atom. The van der Waals surface area contributed by atoms with Gasteiger partial charge in [0.15, 0.2) is 0 Å². The van der Waals surface area contributed by atoms with Crippen molar-refractivity contribution in [3.05, 3.63) is 65.9 Å². The van der Waals surface area contributed by atoms with Crippen molar-refractivity contribution >= 4 is 17.0 Å². The van der Waals surface area contributed by atoms with Crippen molar-refractivity contribution < 1.29 is 14.6 Å². The molecule has 146 valence electrons. The van der Waals surface area contributed by atoms with Crippen LogP contribution in [0.2, 0.25) is 0 Å². The minimum atomic E-state index is -0.826. The summed E-state index contributed by atoms with van der Waals surface area (Å²) >= 11 is 0. The summed E-state index contributed by atoms with van der Waals surface area (Å²) in [6.45, 7) is 1.67. The van der Waals surface area contributed by atoms with Gasteiger partial charge in [-0.1, -0.05) is 36.4 Å². The third kappa shape index (κ3) is 4.14. The Morgan fingerprint density at radius 3 is 2.68 bits per heavy atom. The lowest BCUT2D eigenvalue weighted by molar-refractivity contribution is 0.143. The second kappa shape index (κ2) is 7.97. The molecule has 0 aliphatic heterocycles. The quantitative estimate of drug-likeness (QED) is 0.619. The largest absolute Gasteiger partial charge is 0.488 e. The number of amides is 1. The molecule has 1 aliphatic carbocycles. The first-order chi connectivity index (χ1) is 13.6. The molecule has 4 rings (SSSR count). The fourth-order valence-electron chi connectivity index (χ4n) is 3.68. The van der Waals surface area contributed by atoms with Crippen molar-refractivity contribution in [2.45, 2.75) is 25.9 Å². The first-order valence-corrected chi connectivity index (χ1v) is 9.83. The first-order valence-electron chi connectivity index (χ1n) is 9.83. The van der Waals surface area contributed by atoms with Crippen LogP contribution in [0.5, 0.6) is 5.75 Å². The van der Waals surface area contributed by atoms with E-state index in [1.165, 1.54) is 0 Å². The van der Waals surface area contributed by atoms with Gasteiger partial charge < -0.3 is 19.3 Å². The zero-order chi connectivity index (χ0) is 19.5. The normalized spacial score (nSPS) is 13.6. The summed E-state index contributed by atoms with van der Waals surface area (Å²) < 4.78 is 8.23. The summed E-state index contributed by atoms with van der Waals surface area (Å²) in [5.41, 5.74) is 3.35. The zero-order valence-corrected chi connectivity index (χ0v) is 16.2. The van der Waals surface area contributed by atoms with E-state index in [9.17, 15) is 9.90 Å². The summed E-state index contributed by atoms with van der Waals surface area (Å²) in [5, 5.41) is 10.6. The number of aromatic nitrogens is 1. The molecule has 0 unspecified atom stereocenters. The third-order valence-corrected chi connectivity index (χ3v) is 5.39. The average Bonchev–Trinajstić information content (AvgIpc) is 3.47. The van der Waals surface area contributed by atoms with Gasteiger partial charge in [0, 0.05) is 31.7 Å². The van der Waals surface area contributed by atoms with E-state index in [0.29, 0.717) is 32.0 Å². The lowest BCUT2D eigenvalue weighted by Crippen LogP contribution is -2.33. The number of hydrogen-bond donors (Lipinski definition) is 1. The Balaban J connectivity index is 1.54. The van der Waals surface area contributed by atoms with Gasteiger partial charge in [-0.05, 0) is 48.4 Å². The molecule has 0 saturated heterocycles. The first kappa shape index (κ1) is 18.4. The van der Waals surface area contributed by atoms with Crippen LogP contribution in [0, 0.1) is 5.92 Å². The van der Waals surface area contributed by atoms with Crippen LogP contribution < -0.4 is 4.74 Å². The summed E-state index contributed by atoms with van der Waals surface area (Å²) in [7, 11) is 2.02. The molecule has 1 heterocycles. The number of hydrogen-bond acceptors (Lipinski definition) is 2. The molecule has 1 N–H and O–H groups in total. The Labute approximate surface area is 165 Å². The summed E-state index contributed by atoms with van der Waals surface area (Å²) in [6.07, 6.45) is 4.25. The van der Waals surface area contributed by atoms with E-state index < -0.39 is 6.09 Å². The van der Waals surface area contributed by atoms with Crippen LogP contribution in [0.15, 0.2) is 54.7 Å². The number of ether oxygens (including phenoxy) is 1. The number of nitrogens with zero attached hydrogens (tertiary/aromatic N) is 2. The molecule has 5 heteroatoms. The topological polar surface area (TPSA) is 54.7 Å². The van der Waals surface area contributed by atoms with E-state index in [0.717, 1.165) is 40.6 Å². The maximum Gasteiger partial charge on any atom is 0.407 e. The predicted octanol–water partition coefficient (Wildman–Crippen LogP) is 4.69. The SMILES string of the molecule is Cn1cc(CCN(CC2CC2)C(=O)O)c2c(OCc3ccccc3)cccc21. The molecule has 0 radical (unpaired) electrons. The second-order valence-electron chi connectivity index (χ2n) is 7.61. The minimum Gasteiger partial charge on any atom is -0.488 e. The Bertz CT molecular complexity index is 961. The fourth-order valence-corrected chi connectivity index (χ4v) is 3.68. The molecule has 0 bridgehead atoms. The van der Waals surface area contributed by atoms with Crippen molar-refractivity contribution in [1.29, 1.82) is 0 Å². The van der Waals surface area contributed by atoms with Gasteiger partial charge in [-0.3, -0.25) is 0 Å². The van der Waals surface area contributed by atoms with E-state index in [1.807, 2.05) is 37.4 Å². The highest BCUT2D eigenvalue weighted by molar-refractivity contribution is 5.90. The summed E-state index contributed by atoms with van der Waals surface area (Å²) in [6, 6.07) is 16.2. The molecule has 2 aromatic carbocycles. The fraction of sp³-hybridized carbons (Fsp3) is 0.348. The highest BCUT2D eigenvalue weighted by Crippen LogP contribution is 2.32. The number of carbonyl (C=O) groups is 1. The molecule has 1 aliphatic rings. The van der Waals surface area contributed by atoms with Crippen LogP contribution in [0.4, 0.5) is 4.79 Å². The molecular formula is C23H26N2O3. The molecule has 1 fully saturated rings. The standard InChI is InChI=1S/C23H26N2O3/c1-24-15-19(12-13-25(23(26)27)14-17-10-11-17)22-20(24)8-5-9-21(22)28-16-18-6-3-2-4-7-18/h2-9,15,17H,10-14,16H2,1H3,(H,26,27). The Kier molecular flexibility index (Phi) is 5.24. The van der Waals surface area contributed by atoms with Crippen LogP contribution in [0.25, 0.3) is 10.9 Å². The third-order valence-electron chi connectivity index (χ3n) is 5.39. The number of fused-ring (bicyclic) bond motifs is 1. The minimum absolute atomic E-state index is 0.511. The highest BCUT2D eigenvalue weighted by atomic mass is 16.5. The summed E-state index contributed by atoms with van der Waals surface area (Å²) in [4.78, 5) is 13.1.